The Kier molecular flexibility index (Phi) is 4.14. The maximum absolute atomic E-state index is 12.7. The second kappa shape index (κ2) is 5.31. The summed E-state index contributed by atoms with van der Waals surface area (Å²) in [5.41, 5.74) is 6.02. The number of nitrogens with two attached hydrogens (primary N) is 1. The molecule has 0 amide bonds. The van der Waals surface area contributed by atoms with Gasteiger partial charge in [-0.15, -0.1) is 0 Å². The molecule has 0 aliphatic heterocycles. The first kappa shape index (κ1) is 14.0. The monoisotopic (exact) mass is 331 g/mol. The van der Waals surface area contributed by atoms with Gasteiger partial charge in [0, 0.05) is 10.5 Å². The molecule has 1 fully saturated rings. The number of hydrogen-bond acceptors (Lipinski definition) is 3. The molecule has 5 heteroatoms. The van der Waals surface area contributed by atoms with Gasteiger partial charge in [-0.25, -0.2) is 8.42 Å². The summed E-state index contributed by atoms with van der Waals surface area (Å²) < 4.78 is 25.9. The predicted molar refractivity (Wildman–Crippen MR) is 76.1 cm³/mol. The van der Waals surface area contributed by atoms with Crippen molar-refractivity contribution in [2.75, 3.05) is 0 Å². The lowest BCUT2D eigenvalue weighted by molar-refractivity contribution is 0.346. The van der Waals surface area contributed by atoms with E-state index in [1.54, 1.807) is 18.2 Å². The van der Waals surface area contributed by atoms with Crippen LogP contribution in [-0.2, 0) is 9.84 Å². The Balaban J connectivity index is 2.39. The molecule has 0 heterocycles. The van der Waals surface area contributed by atoms with Crippen molar-refractivity contribution in [3.05, 3.63) is 28.7 Å². The van der Waals surface area contributed by atoms with Crippen molar-refractivity contribution in [2.24, 2.45) is 11.7 Å². The fraction of sp³-hybridized carbons (Fsp3) is 0.538. The first-order chi connectivity index (χ1) is 8.43. The van der Waals surface area contributed by atoms with E-state index >= 15 is 0 Å². The Hall–Kier alpha value is -0.390. The fourth-order valence-electron chi connectivity index (χ4n) is 2.55. The van der Waals surface area contributed by atoms with Crippen molar-refractivity contribution >= 4 is 25.8 Å². The molecule has 1 aliphatic rings. The highest BCUT2D eigenvalue weighted by Gasteiger charge is 2.37. The molecular weight excluding hydrogens is 314 g/mol. The number of sulfone groups is 1. The third-order valence-electron chi connectivity index (χ3n) is 3.65. The van der Waals surface area contributed by atoms with Gasteiger partial charge in [-0.1, -0.05) is 19.1 Å². The Morgan fingerprint density at radius 3 is 2.61 bits per heavy atom. The van der Waals surface area contributed by atoms with E-state index in [0.29, 0.717) is 21.7 Å². The van der Waals surface area contributed by atoms with Gasteiger partial charge >= 0.3 is 0 Å². The molecule has 3 nitrogen and oxygen atoms in total. The van der Waals surface area contributed by atoms with Gasteiger partial charge in [0.1, 0.15) is 0 Å². The maximum Gasteiger partial charge on any atom is 0.183 e. The first-order valence-corrected chi connectivity index (χ1v) is 8.51. The van der Waals surface area contributed by atoms with Crippen LogP contribution in [0.2, 0.25) is 0 Å². The van der Waals surface area contributed by atoms with Crippen LogP contribution in [0.1, 0.15) is 26.2 Å². The van der Waals surface area contributed by atoms with E-state index in [4.69, 9.17) is 5.73 Å². The summed E-state index contributed by atoms with van der Waals surface area (Å²) >= 11 is 3.31. The number of halogens is 1. The molecule has 18 heavy (non-hydrogen) atoms. The largest absolute Gasteiger partial charge is 0.327 e. The molecule has 0 saturated heterocycles. The van der Waals surface area contributed by atoms with Gasteiger partial charge in [-0.05, 0) is 53.2 Å². The predicted octanol–water partition coefficient (Wildman–Crippen LogP) is 2.74. The molecule has 3 atom stereocenters. The number of hydrogen-bond donors (Lipinski definition) is 1. The second-order valence-electron chi connectivity index (χ2n) is 5.10. The van der Waals surface area contributed by atoms with Gasteiger partial charge in [-0.3, -0.25) is 0 Å². The van der Waals surface area contributed by atoms with Crippen molar-refractivity contribution in [3.63, 3.8) is 0 Å². The van der Waals surface area contributed by atoms with Crippen LogP contribution in [0.15, 0.2) is 33.6 Å². The van der Waals surface area contributed by atoms with Crippen molar-refractivity contribution in [1.29, 1.82) is 0 Å². The summed E-state index contributed by atoms with van der Waals surface area (Å²) in [4.78, 5) is 0.361. The normalized spacial score (nSPS) is 29.2. The highest BCUT2D eigenvalue weighted by Crippen LogP contribution is 2.33. The molecule has 1 aromatic rings. The highest BCUT2D eigenvalue weighted by molar-refractivity contribution is 9.10. The smallest absolute Gasteiger partial charge is 0.183 e. The summed E-state index contributed by atoms with van der Waals surface area (Å²) in [6.45, 7) is 2.09. The molecule has 0 aromatic heterocycles. The van der Waals surface area contributed by atoms with Gasteiger partial charge in [-0.2, -0.15) is 0 Å². The van der Waals surface area contributed by atoms with Gasteiger partial charge in [0.25, 0.3) is 0 Å². The SMILES string of the molecule is CC1CCC(N)C(S(=O)(=O)c2ccccc2Br)C1. The third kappa shape index (κ3) is 2.63. The standard InChI is InChI=1S/C13H18BrNO2S/c1-9-6-7-11(15)13(8-9)18(16,17)12-5-3-2-4-10(12)14/h2-5,9,11,13H,6-8,15H2,1H3. The van der Waals surface area contributed by atoms with E-state index in [0.717, 1.165) is 12.8 Å². The molecule has 1 saturated carbocycles. The van der Waals surface area contributed by atoms with E-state index in [9.17, 15) is 8.42 Å². The molecule has 2 rings (SSSR count). The number of rotatable bonds is 2. The van der Waals surface area contributed by atoms with Crippen LogP contribution >= 0.6 is 15.9 Å². The van der Waals surface area contributed by atoms with Crippen LogP contribution in [-0.4, -0.2) is 19.7 Å². The Labute approximate surface area is 117 Å². The van der Waals surface area contributed by atoms with Crippen molar-refractivity contribution in [3.8, 4) is 0 Å². The van der Waals surface area contributed by atoms with Crippen LogP contribution < -0.4 is 5.73 Å². The van der Waals surface area contributed by atoms with E-state index < -0.39 is 15.1 Å². The zero-order chi connectivity index (χ0) is 13.3. The summed E-state index contributed by atoms with van der Waals surface area (Å²) in [6.07, 6.45) is 2.46. The second-order valence-corrected chi connectivity index (χ2v) is 8.09. The van der Waals surface area contributed by atoms with Gasteiger partial charge in [0.15, 0.2) is 9.84 Å². The average molecular weight is 332 g/mol. The lowest BCUT2D eigenvalue weighted by Gasteiger charge is -2.32. The van der Waals surface area contributed by atoms with Crippen LogP contribution in [0.4, 0.5) is 0 Å². The zero-order valence-electron chi connectivity index (χ0n) is 10.3. The van der Waals surface area contributed by atoms with Crippen molar-refractivity contribution in [2.45, 2.75) is 42.4 Å². The summed E-state index contributed by atoms with van der Waals surface area (Å²) in [6, 6.07) is 6.70. The Bertz CT molecular complexity index is 530. The Morgan fingerprint density at radius 2 is 1.94 bits per heavy atom. The van der Waals surface area contributed by atoms with Gasteiger partial charge in [0.2, 0.25) is 0 Å². The minimum absolute atomic E-state index is 0.252. The molecule has 1 aromatic carbocycles. The molecule has 100 valence electrons. The molecule has 2 N–H and O–H groups in total. The van der Waals surface area contributed by atoms with E-state index in [-0.39, 0.29) is 6.04 Å². The molecular formula is C13H18BrNO2S. The first-order valence-electron chi connectivity index (χ1n) is 6.17. The third-order valence-corrected chi connectivity index (χ3v) is 6.91. The van der Waals surface area contributed by atoms with Crippen LogP contribution in [0.25, 0.3) is 0 Å². The average Bonchev–Trinajstić information content (AvgIpc) is 2.32. The van der Waals surface area contributed by atoms with Gasteiger partial charge < -0.3 is 5.73 Å². The summed E-state index contributed by atoms with van der Waals surface area (Å²) in [5, 5.41) is -0.458. The molecule has 0 bridgehead atoms. The summed E-state index contributed by atoms with van der Waals surface area (Å²) in [5.74, 6) is 0.423. The van der Waals surface area contributed by atoms with E-state index in [1.165, 1.54) is 0 Å². The minimum Gasteiger partial charge on any atom is -0.327 e. The quantitative estimate of drug-likeness (QED) is 0.906. The lowest BCUT2D eigenvalue weighted by Crippen LogP contribution is -2.44. The highest BCUT2D eigenvalue weighted by atomic mass is 79.9. The van der Waals surface area contributed by atoms with Crippen molar-refractivity contribution in [1.82, 2.24) is 0 Å². The van der Waals surface area contributed by atoms with Crippen molar-refractivity contribution < 1.29 is 8.42 Å². The zero-order valence-corrected chi connectivity index (χ0v) is 12.7. The summed E-state index contributed by atoms with van der Waals surface area (Å²) in [7, 11) is -3.35. The van der Waals surface area contributed by atoms with E-state index in [1.807, 2.05) is 6.07 Å². The molecule has 0 spiro atoms. The molecule has 1 aliphatic carbocycles. The minimum atomic E-state index is -3.35. The van der Waals surface area contributed by atoms with Crippen LogP contribution in [0.3, 0.4) is 0 Å². The Morgan fingerprint density at radius 1 is 1.28 bits per heavy atom. The van der Waals surface area contributed by atoms with E-state index in [2.05, 4.69) is 22.9 Å². The topological polar surface area (TPSA) is 60.2 Å². The van der Waals surface area contributed by atoms with Gasteiger partial charge in [0.05, 0.1) is 10.1 Å². The fourth-order valence-corrected chi connectivity index (χ4v) is 5.62. The molecule has 0 radical (unpaired) electrons. The lowest BCUT2D eigenvalue weighted by atomic mass is 9.87. The van der Waals surface area contributed by atoms with Crippen LogP contribution in [0, 0.1) is 5.92 Å². The maximum atomic E-state index is 12.7. The van der Waals surface area contributed by atoms with Crippen LogP contribution in [0.5, 0.6) is 0 Å². The molecule has 3 unspecified atom stereocenters. The number of benzene rings is 1.